The van der Waals surface area contributed by atoms with Crippen molar-refractivity contribution in [1.82, 2.24) is 0 Å². The summed E-state index contributed by atoms with van der Waals surface area (Å²) in [7, 11) is 1.58. The first-order valence-corrected chi connectivity index (χ1v) is 7.41. The van der Waals surface area contributed by atoms with Crippen molar-refractivity contribution in [3.05, 3.63) is 56.7 Å². The summed E-state index contributed by atoms with van der Waals surface area (Å²) < 4.78 is 11.8. The summed E-state index contributed by atoms with van der Waals surface area (Å²) in [6, 6.07) is 11.2. The Labute approximate surface area is 131 Å². The van der Waals surface area contributed by atoms with Gasteiger partial charge in [0.1, 0.15) is 11.5 Å². The zero-order chi connectivity index (χ0) is 14.1. The van der Waals surface area contributed by atoms with E-state index < -0.39 is 0 Å². The van der Waals surface area contributed by atoms with Gasteiger partial charge in [-0.05, 0) is 64.6 Å². The third kappa shape index (κ3) is 2.40. The highest BCUT2D eigenvalue weighted by atomic mass is 127. The Bertz CT molecular complexity index is 679. The lowest BCUT2D eigenvalue weighted by Crippen LogP contribution is -2.05. The van der Waals surface area contributed by atoms with E-state index >= 15 is 0 Å². The average Bonchev–Trinajstić information content (AvgIpc) is 2.93. The molecule has 102 valence electrons. The third-order valence-electron chi connectivity index (χ3n) is 3.36. The van der Waals surface area contributed by atoms with E-state index in [0.29, 0.717) is 23.5 Å². The van der Waals surface area contributed by atoms with Crippen molar-refractivity contribution >= 4 is 28.4 Å². The molecule has 0 spiro atoms. The molecule has 1 aliphatic heterocycles. The van der Waals surface area contributed by atoms with Crippen LogP contribution in [0.1, 0.15) is 21.5 Å². The molecule has 0 radical (unpaired) electrons. The van der Waals surface area contributed by atoms with Gasteiger partial charge in [0.05, 0.1) is 19.3 Å². The quantitative estimate of drug-likeness (QED) is 0.605. The normalized spacial score (nSPS) is 12.7. The largest absolute Gasteiger partial charge is 0.496 e. The summed E-state index contributed by atoms with van der Waals surface area (Å²) in [6.07, 6.45) is 0.861. The Balaban J connectivity index is 2.02. The van der Waals surface area contributed by atoms with Gasteiger partial charge in [-0.2, -0.15) is 0 Å². The second-order valence-corrected chi connectivity index (χ2v) is 5.84. The summed E-state index contributed by atoms with van der Waals surface area (Å²) in [4.78, 5) is 12.7. The van der Waals surface area contributed by atoms with Gasteiger partial charge in [-0.1, -0.05) is 0 Å². The molecule has 0 saturated heterocycles. The molecule has 2 aromatic carbocycles. The number of fused-ring (bicyclic) bond motifs is 1. The molecule has 0 aromatic heterocycles. The SMILES string of the molecule is COc1ccc(I)cc1C(=O)c1ccc2c(c1)CCO2. The van der Waals surface area contributed by atoms with Crippen LogP contribution < -0.4 is 9.47 Å². The van der Waals surface area contributed by atoms with Crippen LogP contribution in [-0.4, -0.2) is 19.5 Å². The first-order chi connectivity index (χ1) is 9.69. The standard InChI is InChI=1S/C16H13IO3/c1-19-15-5-3-12(17)9-13(15)16(18)11-2-4-14-10(8-11)6-7-20-14/h2-5,8-9H,6-7H2,1H3. The number of ether oxygens (including phenoxy) is 2. The lowest BCUT2D eigenvalue weighted by atomic mass is 10.00. The van der Waals surface area contributed by atoms with E-state index in [9.17, 15) is 4.79 Å². The van der Waals surface area contributed by atoms with Crippen LogP contribution in [0.4, 0.5) is 0 Å². The number of carbonyl (C=O) groups is 1. The predicted molar refractivity (Wildman–Crippen MR) is 84.8 cm³/mol. The number of hydrogen-bond acceptors (Lipinski definition) is 3. The molecular weight excluding hydrogens is 367 g/mol. The van der Waals surface area contributed by atoms with Crippen molar-refractivity contribution in [2.45, 2.75) is 6.42 Å². The summed E-state index contributed by atoms with van der Waals surface area (Å²) in [6.45, 7) is 0.694. The lowest BCUT2D eigenvalue weighted by molar-refractivity contribution is 0.103. The molecule has 3 nitrogen and oxygen atoms in total. The molecule has 0 saturated carbocycles. The van der Waals surface area contributed by atoms with Gasteiger partial charge in [-0.3, -0.25) is 4.79 Å². The molecule has 2 aromatic rings. The van der Waals surface area contributed by atoms with Crippen LogP contribution in [0.3, 0.4) is 0 Å². The Morgan fingerprint density at radius 3 is 2.90 bits per heavy atom. The smallest absolute Gasteiger partial charge is 0.196 e. The minimum absolute atomic E-state index is 0.0185. The Morgan fingerprint density at radius 2 is 2.10 bits per heavy atom. The molecule has 0 aliphatic carbocycles. The molecular formula is C16H13IO3. The maximum atomic E-state index is 12.7. The van der Waals surface area contributed by atoms with E-state index in [1.165, 1.54) is 0 Å². The minimum atomic E-state index is -0.0185. The highest BCUT2D eigenvalue weighted by Gasteiger charge is 2.18. The van der Waals surface area contributed by atoms with Crippen LogP contribution in [0.15, 0.2) is 36.4 Å². The fraction of sp³-hybridized carbons (Fsp3) is 0.188. The molecule has 3 rings (SSSR count). The number of ketones is 1. The van der Waals surface area contributed by atoms with E-state index in [1.807, 2.05) is 36.4 Å². The zero-order valence-corrected chi connectivity index (χ0v) is 13.1. The molecule has 4 heteroatoms. The van der Waals surface area contributed by atoms with Crippen LogP contribution >= 0.6 is 22.6 Å². The van der Waals surface area contributed by atoms with E-state index in [1.54, 1.807) is 7.11 Å². The van der Waals surface area contributed by atoms with Crippen molar-refractivity contribution in [3.8, 4) is 11.5 Å². The van der Waals surface area contributed by atoms with E-state index in [2.05, 4.69) is 22.6 Å². The fourth-order valence-corrected chi connectivity index (χ4v) is 2.83. The summed E-state index contributed by atoms with van der Waals surface area (Å²) in [5.74, 6) is 1.47. The van der Waals surface area contributed by atoms with Gasteiger partial charge >= 0.3 is 0 Å². The molecule has 0 fully saturated rings. The highest BCUT2D eigenvalue weighted by molar-refractivity contribution is 14.1. The van der Waals surface area contributed by atoms with Crippen molar-refractivity contribution in [2.75, 3.05) is 13.7 Å². The number of hydrogen-bond donors (Lipinski definition) is 0. The van der Waals surface area contributed by atoms with Crippen LogP contribution in [0.5, 0.6) is 11.5 Å². The molecule has 0 atom stereocenters. The zero-order valence-electron chi connectivity index (χ0n) is 11.0. The van der Waals surface area contributed by atoms with Gasteiger partial charge in [0.25, 0.3) is 0 Å². The maximum absolute atomic E-state index is 12.7. The number of carbonyl (C=O) groups excluding carboxylic acids is 1. The monoisotopic (exact) mass is 380 g/mol. The second-order valence-electron chi connectivity index (χ2n) is 4.59. The van der Waals surface area contributed by atoms with Crippen LogP contribution in [0, 0.1) is 3.57 Å². The van der Waals surface area contributed by atoms with Crippen LogP contribution in [0.2, 0.25) is 0 Å². The molecule has 0 bridgehead atoms. The Hall–Kier alpha value is -1.56. The van der Waals surface area contributed by atoms with E-state index in [-0.39, 0.29) is 5.78 Å². The van der Waals surface area contributed by atoms with E-state index in [0.717, 1.165) is 21.3 Å². The highest BCUT2D eigenvalue weighted by Crippen LogP contribution is 2.29. The average molecular weight is 380 g/mol. The van der Waals surface area contributed by atoms with Crippen molar-refractivity contribution in [1.29, 1.82) is 0 Å². The van der Waals surface area contributed by atoms with Gasteiger partial charge in [-0.15, -0.1) is 0 Å². The molecule has 20 heavy (non-hydrogen) atoms. The first-order valence-electron chi connectivity index (χ1n) is 6.33. The number of benzene rings is 2. The number of rotatable bonds is 3. The van der Waals surface area contributed by atoms with Crippen molar-refractivity contribution in [2.24, 2.45) is 0 Å². The van der Waals surface area contributed by atoms with Gasteiger partial charge in [0, 0.05) is 15.6 Å². The van der Waals surface area contributed by atoms with Gasteiger partial charge in [0.15, 0.2) is 5.78 Å². The summed E-state index contributed by atoms with van der Waals surface area (Å²) in [5.41, 5.74) is 2.37. The van der Waals surface area contributed by atoms with Crippen molar-refractivity contribution in [3.63, 3.8) is 0 Å². The molecule has 0 unspecified atom stereocenters. The van der Waals surface area contributed by atoms with Crippen LogP contribution in [-0.2, 0) is 6.42 Å². The second kappa shape index (κ2) is 5.44. The van der Waals surface area contributed by atoms with Crippen molar-refractivity contribution < 1.29 is 14.3 Å². The maximum Gasteiger partial charge on any atom is 0.196 e. The Kier molecular flexibility index (Phi) is 3.65. The predicted octanol–water partition coefficient (Wildman–Crippen LogP) is 3.47. The summed E-state index contributed by atoms with van der Waals surface area (Å²) in [5, 5.41) is 0. The van der Waals surface area contributed by atoms with Gasteiger partial charge < -0.3 is 9.47 Å². The Morgan fingerprint density at radius 1 is 1.25 bits per heavy atom. The fourth-order valence-electron chi connectivity index (χ4n) is 2.34. The molecule has 0 amide bonds. The van der Waals surface area contributed by atoms with Gasteiger partial charge in [0.2, 0.25) is 0 Å². The molecule has 1 aliphatic rings. The summed E-state index contributed by atoms with van der Waals surface area (Å²) >= 11 is 2.19. The minimum Gasteiger partial charge on any atom is -0.496 e. The first kappa shape index (κ1) is 13.4. The lowest BCUT2D eigenvalue weighted by Gasteiger charge is -2.09. The molecule has 1 heterocycles. The number of halogens is 1. The van der Waals surface area contributed by atoms with Gasteiger partial charge in [-0.25, -0.2) is 0 Å². The molecule has 0 N–H and O–H groups in total. The van der Waals surface area contributed by atoms with Crippen LogP contribution in [0.25, 0.3) is 0 Å². The van der Waals surface area contributed by atoms with E-state index in [4.69, 9.17) is 9.47 Å². The topological polar surface area (TPSA) is 35.5 Å². The third-order valence-corrected chi connectivity index (χ3v) is 4.03. The number of methoxy groups -OCH3 is 1.